The van der Waals surface area contributed by atoms with Crippen molar-refractivity contribution in [2.45, 2.75) is 89.9 Å². The molecule has 0 spiro atoms. The number of hydrazine groups is 1. The van der Waals surface area contributed by atoms with Crippen LogP contribution < -0.4 is 5.43 Å². The molecule has 174 valence electrons. The fraction of sp³-hybridized carbons (Fsp3) is 0.917. The third-order valence-corrected chi connectivity index (χ3v) is 8.14. The van der Waals surface area contributed by atoms with Gasteiger partial charge in [-0.1, -0.05) is 0 Å². The number of hydrogen-bond acceptors (Lipinski definition) is 5. The van der Waals surface area contributed by atoms with Crippen molar-refractivity contribution in [3.8, 4) is 0 Å². The fourth-order valence-corrected chi connectivity index (χ4v) is 6.21. The van der Waals surface area contributed by atoms with Crippen molar-refractivity contribution in [1.82, 2.24) is 20.2 Å². The first-order valence-corrected chi connectivity index (χ1v) is 12.7. The molecule has 5 atom stereocenters. The Balaban J connectivity index is 1.30. The van der Waals surface area contributed by atoms with Crippen LogP contribution in [0.5, 0.6) is 0 Å². The second-order valence-corrected chi connectivity index (χ2v) is 11.1. The summed E-state index contributed by atoms with van der Waals surface area (Å²) in [4.78, 5) is 30.3. The van der Waals surface area contributed by atoms with Crippen LogP contribution in [-0.4, -0.2) is 77.2 Å². The van der Waals surface area contributed by atoms with Crippen LogP contribution in [0.2, 0.25) is 0 Å². The van der Waals surface area contributed by atoms with Gasteiger partial charge in [-0.2, -0.15) is 0 Å². The van der Waals surface area contributed by atoms with Crippen LogP contribution in [0, 0.1) is 23.7 Å². The van der Waals surface area contributed by atoms with Crippen LogP contribution in [0.3, 0.4) is 0 Å². The van der Waals surface area contributed by atoms with E-state index in [-0.39, 0.29) is 36.2 Å². The summed E-state index contributed by atoms with van der Waals surface area (Å²) in [5, 5.41) is 2.44. The maximum Gasteiger partial charge on any atom is 0.410 e. The molecule has 31 heavy (non-hydrogen) atoms. The number of nitrogens with zero attached hydrogens (tertiary/aromatic N) is 3. The van der Waals surface area contributed by atoms with E-state index in [0.29, 0.717) is 24.3 Å². The van der Waals surface area contributed by atoms with Gasteiger partial charge in [0.1, 0.15) is 0 Å². The van der Waals surface area contributed by atoms with Crippen LogP contribution >= 0.6 is 0 Å². The minimum Gasteiger partial charge on any atom is -0.447 e. The Morgan fingerprint density at radius 2 is 1.77 bits per heavy atom. The molecule has 5 aliphatic rings. The molecule has 2 amide bonds. The molecule has 0 radical (unpaired) electrons. The molecule has 2 heterocycles. The number of ether oxygens (including phenoxy) is 1. The molecule has 7 nitrogen and oxygen atoms in total. The van der Waals surface area contributed by atoms with Crippen molar-refractivity contribution >= 4 is 12.0 Å². The zero-order valence-electron chi connectivity index (χ0n) is 19.5. The molecule has 5 fully saturated rings. The highest BCUT2D eigenvalue weighted by atomic mass is 16.6. The molecular weight excluding hydrogens is 392 g/mol. The molecular formula is C24H40N4O3. The molecule has 0 aromatic heterocycles. The maximum atomic E-state index is 13.1. The summed E-state index contributed by atoms with van der Waals surface area (Å²) >= 11 is 0. The summed E-state index contributed by atoms with van der Waals surface area (Å²) in [5.74, 6) is 2.68. The highest BCUT2D eigenvalue weighted by Crippen LogP contribution is 2.42. The molecule has 2 saturated heterocycles. The van der Waals surface area contributed by atoms with Gasteiger partial charge in [0.25, 0.3) is 0 Å². The van der Waals surface area contributed by atoms with Gasteiger partial charge < -0.3 is 14.5 Å². The summed E-state index contributed by atoms with van der Waals surface area (Å²) < 4.78 is 5.63. The first kappa shape index (κ1) is 21.5. The zero-order valence-corrected chi connectivity index (χ0v) is 19.5. The first-order chi connectivity index (χ1) is 14.9. The van der Waals surface area contributed by atoms with E-state index in [4.69, 9.17) is 4.74 Å². The Hall–Kier alpha value is -1.34. The van der Waals surface area contributed by atoms with E-state index >= 15 is 0 Å². The van der Waals surface area contributed by atoms with Crippen LogP contribution in [0.25, 0.3) is 0 Å². The zero-order chi connectivity index (χ0) is 21.7. The first-order valence-electron chi connectivity index (χ1n) is 12.7. The van der Waals surface area contributed by atoms with Gasteiger partial charge in [-0.25, -0.2) is 9.80 Å². The topological polar surface area (TPSA) is 65.1 Å². The normalized spacial score (nSPS) is 36.6. The number of amides is 2. The monoisotopic (exact) mass is 432 g/mol. The predicted molar refractivity (Wildman–Crippen MR) is 118 cm³/mol. The Bertz CT molecular complexity index is 692. The molecule has 5 rings (SSSR count). The van der Waals surface area contributed by atoms with Crippen molar-refractivity contribution < 1.29 is 14.3 Å². The summed E-state index contributed by atoms with van der Waals surface area (Å²) in [6.07, 6.45) is 7.65. The van der Waals surface area contributed by atoms with E-state index in [2.05, 4.69) is 22.3 Å². The van der Waals surface area contributed by atoms with Gasteiger partial charge in [-0.05, 0) is 83.5 Å². The second kappa shape index (κ2) is 8.54. The summed E-state index contributed by atoms with van der Waals surface area (Å²) in [7, 11) is 0. The van der Waals surface area contributed by atoms with Gasteiger partial charge in [0.15, 0.2) is 0 Å². The molecule has 7 heteroatoms. The van der Waals surface area contributed by atoms with E-state index in [1.807, 2.05) is 18.7 Å². The van der Waals surface area contributed by atoms with Gasteiger partial charge in [0.2, 0.25) is 5.91 Å². The number of carbonyl (C=O) groups is 2. The van der Waals surface area contributed by atoms with Crippen molar-refractivity contribution in [1.29, 1.82) is 0 Å². The van der Waals surface area contributed by atoms with Crippen molar-refractivity contribution in [3.05, 3.63) is 0 Å². The minimum atomic E-state index is -0.198. The van der Waals surface area contributed by atoms with Crippen molar-refractivity contribution in [3.63, 3.8) is 0 Å². The predicted octanol–water partition coefficient (Wildman–Crippen LogP) is 2.86. The van der Waals surface area contributed by atoms with Crippen LogP contribution in [-0.2, 0) is 9.53 Å². The lowest BCUT2D eigenvalue weighted by Crippen LogP contribution is -2.67. The summed E-state index contributed by atoms with van der Waals surface area (Å²) in [5.41, 5.74) is 3.63. The maximum absolute atomic E-state index is 13.1. The standard InChI is InChI=1S/C24H40N4O3/c1-15(2)31-24(30)27-12-16(3)28(23(29)18-6-7-18)21-9-8-19(10-22(21)27)20-11-25-26(14-20)13-17-4-5-17/h15-22,25H,4-14H2,1-3H3/t16-,19?,20?,21?,22?/m0/s1. The van der Waals surface area contributed by atoms with Crippen molar-refractivity contribution in [2.75, 3.05) is 26.2 Å². The van der Waals surface area contributed by atoms with Crippen LogP contribution in [0.15, 0.2) is 0 Å². The lowest BCUT2D eigenvalue weighted by atomic mass is 9.73. The molecule has 3 aliphatic carbocycles. The van der Waals surface area contributed by atoms with Gasteiger partial charge in [0, 0.05) is 38.1 Å². The average molecular weight is 433 g/mol. The smallest absolute Gasteiger partial charge is 0.410 e. The highest BCUT2D eigenvalue weighted by molar-refractivity contribution is 5.82. The lowest BCUT2D eigenvalue weighted by Gasteiger charge is -2.54. The van der Waals surface area contributed by atoms with Crippen molar-refractivity contribution in [2.24, 2.45) is 23.7 Å². The van der Waals surface area contributed by atoms with E-state index in [1.54, 1.807) is 0 Å². The quantitative estimate of drug-likeness (QED) is 0.724. The molecule has 0 aromatic rings. The largest absolute Gasteiger partial charge is 0.447 e. The molecule has 0 bridgehead atoms. The van der Waals surface area contributed by atoms with E-state index in [9.17, 15) is 9.59 Å². The Morgan fingerprint density at radius 3 is 2.45 bits per heavy atom. The number of nitrogens with one attached hydrogen (secondary N) is 1. The SMILES string of the molecule is CC(C)OC(=O)N1C[C@H](C)N(C(=O)C2CC2)C2CCC(C3CNN(CC4CC4)C3)CC21. The van der Waals surface area contributed by atoms with E-state index < -0.39 is 0 Å². The fourth-order valence-electron chi connectivity index (χ4n) is 6.21. The molecule has 1 N–H and O–H groups in total. The molecule has 4 unspecified atom stereocenters. The van der Waals surface area contributed by atoms with Crippen LogP contribution in [0.1, 0.15) is 65.7 Å². The molecule has 2 aliphatic heterocycles. The van der Waals surface area contributed by atoms with E-state index in [0.717, 1.165) is 51.1 Å². The number of piperazine rings is 1. The van der Waals surface area contributed by atoms with E-state index in [1.165, 1.54) is 19.4 Å². The third-order valence-electron chi connectivity index (χ3n) is 8.14. The summed E-state index contributed by atoms with van der Waals surface area (Å²) in [6.45, 7) is 9.87. The number of hydrogen-bond donors (Lipinski definition) is 1. The highest BCUT2D eigenvalue weighted by Gasteiger charge is 2.51. The van der Waals surface area contributed by atoms with Gasteiger partial charge >= 0.3 is 6.09 Å². The Kier molecular flexibility index (Phi) is 5.93. The lowest BCUT2D eigenvalue weighted by molar-refractivity contribution is -0.146. The van der Waals surface area contributed by atoms with Gasteiger partial charge in [-0.3, -0.25) is 10.2 Å². The Morgan fingerprint density at radius 1 is 1.00 bits per heavy atom. The molecule has 3 saturated carbocycles. The summed E-state index contributed by atoms with van der Waals surface area (Å²) in [6, 6.07) is 0.291. The molecule has 0 aromatic carbocycles. The Labute approximate surface area is 186 Å². The number of carbonyl (C=O) groups excluding carboxylic acids is 2. The third kappa shape index (κ3) is 4.58. The number of rotatable bonds is 5. The van der Waals surface area contributed by atoms with Gasteiger partial charge in [0.05, 0.1) is 18.2 Å². The minimum absolute atomic E-state index is 0.0628. The second-order valence-electron chi connectivity index (χ2n) is 11.1. The van der Waals surface area contributed by atoms with Gasteiger partial charge in [-0.15, -0.1) is 0 Å². The van der Waals surface area contributed by atoms with Crippen LogP contribution in [0.4, 0.5) is 4.79 Å². The number of fused-ring (bicyclic) bond motifs is 1. The average Bonchev–Trinajstić information content (AvgIpc) is 3.65.